The van der Waals surface area contributed by atoms with Crippen molar-refractivity contribution in [3.63, 3.8) is 0 Å². The molecule has 2 saturated heterocycles. The number of carbonyl (C=O) groups is 1. The summed E-state index contributed by atoms with van der Waals surface area (Å²) in [5.74, 6) is 1.31. The molecule has 0 aromatic carbocycles. The molecule has 8 heteroatoms. The third-order valence-electron chi connectivity index (χ3n) is 5.47. The van der Waals surface area contributed by atoms with E-state index in [1.54, 1.807) is 11.1 Å². The van der Waals surface area contributed by atoms with Crippen LogP contribution in [-0.4, -0.2) is 85.4 Å². The van der Waals surface area contributed by atoms with Crippen LogP contribution in [0.25, 0.3) is 0 Å². The maximum Gasteiger partial charge on any atom is 0.239 e. The van der Waals surface area contributed by atoms with Crippen LogP contribution in [0.15, 0.2) is 24.4 Å². The van der Waals surface area contributed by atoms with E-state index < -0.39 is 9.84 Å². The average Bonchev–Trinajstić information content (AvgIpc) is 3.02. The first-order chi connectivity index (χ1) is 12.4. The van der Waals surface area contributed by atoms with Gasteiger partial charge < -0.3 is 9.80 Å². The van der Waals surface area contributed by atoms with Gasteiger partial charge in [-0.3, -0.25) is 9.69 Å². The summed E-state index contributed by atoms with van der Waals surface area (Å²) in [5, 5.41) is 0. The number of pyridine rings is 1. The molecule has 0 bridgehead atoms. The van der Waals surface area contributed by atoms with Crippen LogP contribution >= 0.6 is 0 Å². The smallest absolute Gasteiger partial charge is 0.239 e. The molecule has 0 spiro atoms. The highest BCUT2D eigenvalue weighted by Gasteiger charge is 2.37. The van der Waals surface area contributed by atoms with Gasteiger partial charge in [-0.1, -0.05) is 6.07 Å². The summed E-state index contributed by atoms with van der Waals surface area (Å²) in [6.45, 7) is 7.67. The minimum Gasteiger partial charge on any atom is -0.354 e. The Kier molecular flexibility index (Phi) is 5.82. The number of likely N-dealkylation sites (N-methyl/N-ethyl adjacent to an activating group) is 1. The maximum atomic E-state index is 13.0. The minimum absolute atomic E-state index is 0.0425. The standard InChI is InChI=1S/C18H28N4O3S/c1-3-22(16-7-13-26(24,25)14-16)18(23)15(2)20-9-11-21(12-10-20)17-6-4-5-8-19-17/h4-6,8,15-16H,3,7,9-14H2,1-2H3/t15-,16-/m1/s1. The number of carbonyl (C=O) groups excluding carboxylic acids is 1. The summed E-state index contributed by atoms with van der Waals surface area (Å²) in [6.07, 6.45) is 2.35. The van der Waals surface area contributed by atoms with E-state index in [1.807, 2.05) is 32.0 Å². The highest BCUT2D eigenvalue weighted by atomic mass is 32.2. The zero-order valence-corrected chi connectivity index (χ0v) is 16.4. The number of amides is 1. The molecule has 1 amide bonds. The highest BCUT2D eigenvalue weighted by Crippen LogP contribution is 2.20. The average molecular weight is 381 g/mol. The van der Waals surface area contributed by atoms with Crippen LogP contribution in [0.3, 0.4) is 0 Å². The van der Waals surface area contributed by atoms with Crippen LogP contribution in [0.2, 0.25) is 0 Å². The van der Waals surface area contributed by atoms with Gasteiger partial charge in [-0.2, -0.15) is 0 Å². The predicted molar refractivity (Wildman–Crippen MR) is 102 cm³/mol. The molecule has 3 heterocycles. The van der Waals surface area contributed by atoms with E-state index in [2.05, 4.69) is 14.8 Å². The second kappa shape index (κ2) is 7.92. The van der Waals surface area contributed by atoms with Crippen LogP contribution in [0.4, 0.5) is 5.82 Å². The molecule has 2 atom stereocenters. The molecular formula is C18H28N4O3S. The van der Waals surface area contributed by atoms with Gasteiger partial charge in [-0.05, 0) is 32.4 Å². The van der Waals surface area contributed by atoms with Gasteiger partial charge in [0.25, 0.3) is 0 Å². The van der Waals surface area contributed by atoms with Crippen LogP contribution in [-0.2, 0) is 14.6 Å². The van der Waals surface area contributed by atoms with Crippen LogP contribution in [0.5, 0.6) is 0 Å². The normalized spacial score (nSPS) is 24.4. The van der Waals surface area contributed by atoms with Gasteiger partial charge in [0.05, 0.1) is 17.5 Å². The fourth-order valence-electron chi connectivity index (χ4n) is 3.89. The first-order valence-electron chi connectivity index (χ1n) is 9.32. The summed E-state index contributed by atoms with van der Waals surface area (Å²) in [6, 6.07) is 5.49. The fourth-order valence-corrected chi connectivity index (χ4v) is 5.62. The number of sulfone groups is 1. The lowest BCUT2D eigenvalue weighted by Crippen LogP contribution is -2.56. The summed E-state index contributed by atoms with van der Waals surface area (Å²) in [5.41, 5.74) is 0. The molecule has 0 unspecified atom stereocenters. The first kappa shape index (κ1) is 19.1. The second-order valence-corrected chi connectivity index (χ2v) is 9.30. The van der Waals surface area contributed by atoms with E-state index in [9.17, 15) is 13.2 Å². The molecule has 2 aliphatic heterocycles. The summed E-state index contributed by atoms with van der Waals surface area (Å²) in [7, 11) is -2.99. The lowest BCUT2D eigenvalue weighted by atomic mass is 10.1. The Morgan fingerprint density at radius 3 is 2.58 bits per heavy atom. The molecule has 144 valence electrons. The zero-order chi connectivity index (χ0) is 18.7. The number of aromatic nitrogens is 1. The Morgan fingerprint density at radius 1 is 1.31 bits per heavy atom. The highest BCUT2D eigenvalue weighted by molar-refractivity contribution is 7.91. The van der Waals surface area contributed by atoms with Gasteiger partial charge in [0.2, 0.25) is 5.91 Å². The van der Waals surface area contributed by atoms with E-state index in [1.165, 1.54) is 0 Å². The third-order valence-corrected chi connectivity index (χ3v) is 7.22. The molecule has 2 fully saturated rings. The van der Waals surface area contributed by atoms with Gasteiger partial charge in [-0.15, -0.1) is 0 Å². The minimum atomic E-state index is -2.99. The van der Waals surface area contributed by atoms with Crippen molar-refractivity contribution in [2.45, 2.75) is 32.4 Å². The number of rotatable bonds is 5. The molecule has 0 radical (unpaired) electrons. The summed E-state index contributed by atoms with van der Waals surface area (Å²) >= 11 is 0. The topological polar surface area (TPSA) is 73.8 Å². The lowest BCUT2D eigenvalue weighted by molar-refractivity contribution is -0.138. The molecule has 2 aliphatic rings. The molecule has 3 rings (SSSR count). The molecule has 0 aliphatic carbocycles. The Morgan fingerprint density at radius 2 is 2.04 bits per heavy atom. The molecule has 1 aromatic rings. The third kappa shape index (κ3) is 4.17. The molecule has 0 N–H and O–H groups in total. The summed E-state index contributed by atoms with van der Waals surface area (Å²) < 4.78 is 23.5. The summed E-state index contributed by atoms with van der Waals surface area (Å²) in [4.78, 5) is 23.6. The van der Waals surface area contributed by atoms with Crippen molar-refractivity contribution in [3.8, 4) is 0 Å². The van der Waals surface area contributed by atoms with E-state index in [0.29, 0.717) is 13.0 Å². The predicted octanol–water partition coefficient (Wildman–Crippen LogP) is 0.628. The molecule has 7 nitrogen and oxygen atoms in total. The largest absolute Gasteiger partial charge is 0.354 e. The number of hydrogen-bond acceptors (Lipinski definition) is 6. The molecule has 26 heavy (non-hydrogen) atoms. The van der Waals surface area contributed by atoms with Crippen molar-refractivity contribution in [2.75, 3.05) is 49.1 Å². The van der Waals surface area contributed by atoms with Crippen LogP contribution < -0.4 is 4.90 Å². The first-order valence-corrected chi connectivity index (χ1v) is 11.1. The van der Waals surface area contributed by atoms with Crippen molar-refractivity contribution >= 4 is 21.6 Å². The van der Waals surface area contributed by atoms with Gasteiger partial charge in [0, 0.05) is 45.0 Å². The van der Waals surface area contributed by atoms with E-state index in [4.69, 9.17) is 0 Å². The Labute approximate surface area is 155 Å². The van der Waals surface area contributed by atoms with Crippen molar-refractivity contribution in [2.24, 2.45) is 0 Å². The fraction of sp³-hybridized carbons (Fsp3) is 0.667. The van der Waals surface area contributed by atoms with E-state index in [-0.39, 0.29) is 29.5 Å². The quantitative estimate of drug-likeness (QED) is 0.746. The number of hydrogen-bond donors (Lipinski definition) is 0. The molecule has 1 aromatic heterocycles. The van der Waals surface area contributed by atoms with E-state index in [0.717, 1.165) is 32.0 Å². The Bertz CT molecular complexity index is 717. The second-order valence-electron chi connectivity index (χ2n) is 7.07. The number of nitrogens with zero attached hydrogens (tertiary/aromatic N) is 4. The maximum absolute atomic E-state index is 13.0. The van der Waals surface area contributed by atoms with Gasteiger partial charge in [0.1, 0.15) is 5.82 Å². The van der Waals surface area contributed by atoms with Gasteiger partial charge in [0.15, 0.2) is 9.84 Å². The van der Waals surface area contributed by atoms with E-state index >= 15 is 0 Å². The van der Waals surface area contributed by atoms with Gasteiger partial charge >= 0.3 is 0 Å². The lowest BCUT2D eigenvalue weighted by Gasteiger charge is -2.40. The zero-order valence-electron chi connectivity index (χ0n) is 15.5. The Hall–Kier alpha value is -1.67. The number of piperazine rings is 1. The van der Waals surface area contributed by atoms with Crippen molar-refractivity contribution in [3.05, 3.63) is 24.4 Å². The van der Waals surface area contributed by atoms with Crippen molar-refractivity contribution in [1.82, 2.24) is 14.8 Å². The van der Waals surface area contributed by atoms with Crippen molar-refractivity contribution in [1.29, 1.82) is 0 Å². The molecular weight excluding hydrogens is 352 g/mol. The SMILES string of the molecule is CCN(C(=O)[C@@H](C)N1CCN(c2ccccn2)CC1)[C@@H]1CCS(=O)(=O)C1. The monoisotopic (exact) mass is 380 g/mol. The van der Waals surface area contributed by atoms with Gasteiger partial charge in [-0.25, -0.2) is 13.4 Å². The van der Waals surface area contributed by atoms with Crippen LogP contribution in [0, 0.1) is 0 Å². The molecule has 0 saturated carbocycles. The number of anilines is 1. The van der Waals surface area contributed by atoms with Crippen molar-refractivity contribution < 1.29 is 13.2 Å². The van der Waals surface area contributed by atoms with Crippen LogP contribution in [0.1, 0.15) is 20.3 Å². The Balaban J connectivity index is 1.58.